The second-order valence-electron chi connectivity index (χ2n) is 6.56. The Morgan fingerprint density at radius 3 is 2.81 bits per heavy atom. The van der Waals surface area contributed by atoms with Gasteiger partial charge in [0.05, 0.1) is 17.3 Å². The van der Waals surface area contributed by atoms with E-state index in [0.717, 1.165) is 31.5 Å². The summed E-state index contributed by atoms with van der Waals surface area (Å²) >= 11 is 0. The first kappa shape index (κ1) is 18.1. The molecule has 1 amide bonds. The third-order valence-electron chi connectivity index (χ3n) is 4.83. The van der Waals surface area contributed by atoms with Gasteiger partial charge < -0.3 is 10.0 Å². The summed E-state index contributed by atoms with van der Waals surface area (Å²) in [4.78, 5) is 42.3. The van der Waals surface area contributed by atoms with E-state index in [0.29, 0.717) is 29.6 Å². The maximum atomic E-state index is 12.7. The Morgan fingerprint density at radius 2 is 2.08 bits per heavy atom. The second-order valence-corrected chi connectivity index (χ2v) is 6.56. The minimum absolute atomic E-state index is 0.0517. The second kappa shape index (κ2) is 7.68. The molecule has 0 fully saturated rings. The molecule has 0 saturated carbocycles. The van der Waals surface area contributed by atoms with Crippen molar-refractivity contribution < 1.29 is 14.7 Å². The van der Waals surface area contributed by atoms with Gasteiger partial charge in [0.15, 0.2) is 0 Å². The lowest BCUT2D eigenvalue weighted by molar-refractivity contribution is -0.137. The zero-order chi connectivity index (χ0) is 18.7. The molecule has 0 saturated heterocycles. The Hall–Kier alpha value is -2.70. The number of carboxylic acid groups (broad SMARTS) is 1. The fraction of sp³-hybridized carbons (Fsp3) is 0.474. The molecule has 0 bridgehead atoms. The van der Waals surface area contributed by atoms with Gasteiger partial charge in [0.2, 0.25) is 0 Å². The number of carbonyl (C=O) groups is 2. The summed E-state index contributed by atoms with van der Waals surface area (Å²) in [5.74, 6) is -0.400. The zero-order valence-electron chi connectivity index (χ0n) is 14.9. The molecule has 3 rings (SSSR count). The lowest BCUT2D eigenvalue weighted by Gasteiger charge is -2.20. The van der Waals surface area contributed by atoms with Crippen molar-refractivity contribution in [1.82, 2.24) is 14.5 Å². The zero-order valence-corrected chi connectivity index (χ0v) is 14.9. The van der Waals surface area contributed by atoms with Crippen LogP contribution >= 0.6 is 0 Å². The minimum atomic E-state index is -0.938. The molecule has 0 spiro atoms. The molecule has 0 atom stereocenters. The number of amides is 1. The number of aromatic nitrogens is 2. The monoisotopic (exact) mass is 357 g/mol. The van der Waals surface area contributed by atoms with Crippen molar-refractivity contribution in [1.29, 1.82) is 0 Å². The first-order chi connectivity index (χ1) is 12.5. The normalized spacial score (nSPS) is 13.9. The van der Waals surface area contributed by atoms with Gasteiger partial charge in [-0.2, -0.15) is 0 Å². The van der Waals surface area contributed by atoms with Crippen molar-refractivity contribution >= 4 is 22.8 Å². The molecule has 2 aromatic rings. The fourth-order valence-corrected chi connectivity index (χ4v) is 3.37. The van der Waals surface area contributed by atoms with Gasteiger partial charge in [0, 0.05) is 31.6 Å². The Bertz CT molecular complexity index is 904. The van der Waals surface area contributed by atoms with E-state index in [-0.39, 0.29) is 24.4 Å². The Balaban J connectivity index is 1.97. The lowest BCUT2D eigenvalue weighted by atomic mass is 10.1. The molecule has 2 heterocycles. The summed E-state index contributed by atoms with van der Waals surface area (Å²) in [5, 5.41) is 9.35. The molecule has 0 aliphatic carbocycles. The van der Waals surface area contributed by atoms with E-state index < -0.39 is 5.97 Å². The smallest absolute Gasteiger partial charge is 0.305 e. The summed E-state index contributed by atoms with van der Waals surface area (Å²) in [6.07, 6.45) is 3.74. The summed E-state index contributed by atoms with van der Waals surface area (Å²) < 4.78 is 1.75. The molecule has 1 aliphatic heterocycles. The standard InChI is InChI=1S/C19H23N3O4/c1-2-21(11-9-17(23)24)18(25)13-7-8-14-15(12-13)20-16-6-4-3-5-10-22(16)19(14)26/h7-8,12H,2-6,9-11H2,1H3,(H,23,24). The highest BCUT2D eigenvalue weighted by Gasteiger charge is 2.18. The highest BCUT2D eigenvalue weighted by molar-refractivity contribution is 5.97. The van der Waals surface area contributed by atoms with Crippen molar-refractivity contribution in [3.8, 4) is 0 Å². The summed E-state index contributed by atoms with van der Waals surface area (Å²) in [7, 11) is 0. The number of rotatable bonds is 5. The number of carbonyl (C=O) groups excluding carboxylic acids is 1. The highest BCUT2D eigenvalue weighted by Crippen LogP contribution is 2.17. The van der Waals surface area contributed by atoms with E-state index in [9.17, 15) is 14.4 Å². The molecule has 0 radical (unpaired) electrons. The van der Waals surface area contributed by atoms with E-state index in [1.54, 1.807) is 22.8 Å². The van der Waals surface area contributed by atoms with Crippen molar-refractivity contribution in [2.24, 2.45) is 0 Å². The van der Waals surface area contributed by atoms with Crippen LogP contribution in [0.2, 0.25) is 0 Å². The molecule has 1 aromatic heterocycles. The third kappa shape index (κ3) is 3.61. The van der Waals surface area contributed by atoms with Crippen LogP contribution in [0.25, 0.3) is 10.9 Å². The molecule has 1 N–H and O–H groups in total. The molecular weight excluding hydrogens is 334 g/mol. The number of aliphatic carboxylic acids is 1. The summed E-state index contributed by atoms with van der Waals surface area (Å²) in [6.45, 7) is 3.08. The van der Waals surface area contributed by atoms with E-state index in [1.165, 1.54) is 4.90 Å². The van der Waals surface area contributed by atoms with Gasteiger partial charge in [-0.3, -0.25) is 19.0 Å². The first-order valence-corrected chi connectivity index (χ1v) is 9.05. The van der Waals surface area contributed by atoms with Gasteiger partial charge in [-0.1, -0.05) is 6.42 Å². The molecular formula is C19H23N3O4. The van der Waals surface area contributed by atoms with Crippen LogP contribution in [0.1, 0.15) is 48.8 Å². The van der Waals surface area contributed by atoms with E-state index in [2.05, 4.69) is 4.98 Å². The molecule has 0 unspecified atom stereocenters. The first-order valence-electron chi connectivity index (χ1n) is 9.05. The SMILES string of the molecule is CCN(CCC(=O)O)C(=O)c1ccc2c(=O)n3c(nc2c1)CCCCC3. The topological polar surface area (TPSA) is 92.5 Å². The maximum Gasteiger partial charge on any atom is 0.305 e. The highest BCUT2D eigenvalue weighted by atomic mass is 16.4. The quantitative estimate of drug-likeness (QED) is 0.884. The van der Waals surface area contributed by atoms with Crippen LogP contribution in [-0.2, 0) is 17.8 Å². The number of hydrogen-bond acceptors (Lipinski definition) is 4. The van der Waals surface area contributed by atoms with Gasteiger partial charge in [-0.05, 0) is 38.0 Å². The fourth-order valence-electron chi connectivity index (χ4n) is 3.37. The van der Waals surface area contributed by atoms with Gasteiger partial charge in [-0.15, -0.1) is 0 Å². The van der Waals surface area contributed by atoms with Gasteiger partial charge in [0.1, 0.15) is 5.82 Å². The van der Waals surface area contributed by atoms with E-state index in [4.69, 9.17) is 5.11 Å². The number of benzene rings is 1. The molecule has 1 aliphatic rings. The number of carboxylic acids is 1. The van der Waals surface area contributed by atoms with Crippen molar-refractivity contribution in [2.45, 2.75) is 45.6 Å². The average molecular weight is 357 g/mol. The maximum absolute atomic E-state index is 12.7. The van der Waals surface area contributed by atoms with Crippen LogP contribution in [0, 0.1) is 0 Å². The van der Waals surface area contributed by atoms with Crippen molar-refractivity contribution in [2.75, 3.05) is 13.1 Å². The molecule has 138 valence electrons. The largest absolute Gasteiger partial charge is 0.481 e. The van der Waals surface area contributed by atoms with Crippen LogP contribution in [0.5, 0.6) is 0 Å². The molecule has 1 aromatic carbocycles. The van der Waals surface area contributed by atoms with Gasteiger partial charge in [0.25, 0.3) is 11.5 Å². The van der Waals surface area contributed by atoms with Gasteiger partial charge in [-0.25, -0.2) is 4.98 Å². The predicted molar refractivity (Wildman–Crippen MR) is 97.4 cm³/mol. The van der Waals surface area contributed by atoms with Gasteiger partial charge >= 0.3 is 5.97 Å². The van der Waals surface area contributed by atoms with E-state index >= 15 is 0 Å². The Morgan fingerprint density at radius 1 is 1.27 bits per heavy atom. The predicted octanol–water partition coefficient (Wildman–Crippen LogP) is 2.06. The molecule has 7 nitrogen and oxygen atoms in total. The molecule has 26 heavy (non-hydrogen) atoms. The summed E-state index contributed by atoms with van der Waals surface area (Å²) in [6, 6.07) is 4.93. The van der Waals surface area contributed by atoms with Crippen molar-refractivity contribution in [3.05, 3.63) is 39.9 Å². The molecule has 7 heteroatoms. The number of nitrogens with zero attached hydrogens (tertiary/aromatic N) is 3. The van der Waals surface area contributed by atoms with Crippen LogP contribution in [0.3, 0.4) is 0 Å². The Labute approximate surface area is 151 Å². The van der Waals surface area contributed by atoms with E-state index in [1.807, 2.05) is 6.92 Å². The minimum Gasteiger partial charge on any atom is -0.481 e. The Kier molecular flexibility index (Phi) is 5.35. The summed E-state index contributed by atoms with van der Waals surface area (Å²) in [5.41, 5.74) is 0.905. The number of aryl methyl sites for hydroxylation is 1. The van der Waals surface area contributed by atoms with Crippen molar-refractivity contribution in [3.63, 3.8) is 0 Å². The lowest BCUT2D eigenvalue weighted by Crippen LogP contribution is -2.33. The third-order valence-corrected chi connectivity index (χ3v) is 4.83. The average Bonchev–Trinajstić information content (AvgIpc) is 2.87. The number of fused-ring (bicyclic) bond motifs is 2. The van der Waals surface area contributed by atoms with Crippen LogP contribution in [0.15, 0.2) is 23.0 Å². The van der Waals surface area contributed by atoms with Crippen LogP contribution < -0.4 is 5.56 Å². The van der Waals surface area contributed by atoms with Crippen LogP contribution in [0.4, 0.5) is 0 Å². The van der Waals surface area contributed by atoms with Crippen LogP contribution in [-0.4, -0.2) is 44.5 Å². The number of hydrogen-bond donors (Lipinski definition) is 1.